The molecule has 1 aromatic carbocycles. The van der Waals surface area contributed by atoms with Gasteiger partial charge in [0.25, 0.3) is 5.91 Å². The highest BCUT2D eigenvalue weighted by molar-refractivity contribution is 6.36. The molecule has 0 heterocycles. The van der Waals surface area contributed by atoms with Crippen LogP contribution in [0.2, 0.25) is 5.02 Å². The van der Waals surface area contributed by atoms with Gasteiger partial charge in [0.2, 0.25) is 0 Å². The molecule has 110 valence electrons. The summed E-state index contributed by atoms with van der Waals surface area (Å²) >= 11 is 6.12. The molecule has 1 fully saturated rings. The number of nitrogens with two attached hydrogens (primary N) is 1. The van der Waals surface area contributed by atoms with E-state index in [0.29, 0.717) is 28.1 Å². The Labute approximate surface area is 125 Å². The molecule has 0 aromatic heterocycles. The van der Waals surface area contributed by atoms with Gasteiger partial charge in [0, 0.05) is 6.04 Å². The van der Waals surface area contributed by atoms with Crippen LogP contribution in [0.4, 0.5) is 5.69 Å². The van der Waals surface area contributed by atoms with Crippen molar-refractivity contribution in [3.63, 3.8) is 0 Å². The van der Waals surface area contributed by atoms with Crippen molar-refractivity contribution < 1.29 is 4.79 Å². The molecule has 0 spiro atoms. The number of carbonyl (C=O) groups excluding carboxylic acids is 1. The zero-order valence-electron chi connectivity index (χ0n) is 12.2. The minimum atomic E-state index is -0.111. The van der Waals surface area contributed by atoms with E-state index in [1.807, 2.05) is 0 Å². The van der Waals surface area contributed by atoms with Crippen LogP contribution in [0.15, 0.2) is 18.2 Å². The van der Waals surface area contributed by atoms with Crippen molar-refractivity contribution in [3.8, 4) is 0 Å². The number of anilines is 1. The SMILES string of the molecule is CC(C)C1CCCCC1NC(=O)c1cccc(N)c1Cl. The van der Waals surface area contributed by atoms with E-state index in [1.165, 1.54) is 19.3 Å². The van der Waals surface area contributed by atoms with Gasteiger partial charge in [-0.05, 0) is 36.8 Å². The molecule has 0 radical (unpaired) electrons. The van der Waals surface area contributed by atoms with Gasteiger partial charge in [-0.2, -0.15) is 0 Å². The van der Waals surface area contributed by atoms with Gasteiger partial charge in [0.15, 0.2) is 0 Å². The predicted molar refractivity (Wildman–Crippen MR) is 83.9 cm³/mol. The summed E-state index contributed by atoms with van der Waals surface area (Å²) in [6.07, 6.45) is 4.68. The molecule has 1 saturated carbocycles. The van der Waals surface area contributed by atoms with Gasteiger partial charge in [0.05, 0.1) is 16.3 Å². The highest BCUT2D eigenvalue weighted by atomic mass is 35.5. The maximum absolute atomic E-state index is 12.4. The summed E-state index contributed by atoms with van der Waals surface area (Å²) in [4.78, 5) is 12.4. The molecule has 1 aromatic rings. The van der Waals surface area contributed by atoms with Crippen LogP contribution in [0.25, 0.3) is 0 Å². The van der Waals surface area contributed by atoms with Crippen LogP contribution in [-0.2, 0) is 0 Å². The fraction of sp³-hybridized carbons (Fsp3) is 0.562. The predicted octanol–water partition coefficient (Wildman–Crippen LogP) is 3.87. The van der Waals surface area contributed by atoms with Crippen LogP contribution in [0.5, 0.6) is 0 Å². The van der Waals surface area contributed by atoms with Crippen molar-refractivity contribution in [3.05, 3.63) is 28.8 Å². The number of benzene rings is 1. The van der Waals surface area contributed by atoms with Crippen molar-refractivity contribution in [2.45, 2.75) is 45.6 Å². The first-order chi connectivity index (χ1) is 9.50. The van der Waals surface area contributed by atoms with E-state index in [2.05, 4.69) is 19.2 Å². The van der Waals surface area contributed by atoms with Crippen molar-refractivity contribution in [1.82, 2.24) is 5.32 Å². The van der Waals surface area contributed by atoms with E-state index in [-0.39, 0.29) is 11.9 Å². The minimum Gasteiger partial charge on any atom is -0.398 e. The van der Waals surface area contributed by atoms with E-state index in [9.17, 15) is 4.79 Å². The first-order valence-corrected chi connectivity index (χ1v) is 7.73. The zero-order chi connectivity index (χ0) is 14.7. The van der Waals surface area contributed by atoms with Gasteiger partial charge >= 0.3 is 0 Å². The fourth-order valence-corrected chi connectivity index (χ4v) is 3.32. The van der Waals surface area contributed by atoms with Crippen LogP contribution in [-0.4, -0.2) is 11.9 Å². The number of rotatable bonds is 3. The Balaban J connectivity index is 2.12. The van der Waals surface area contributed by atoms with Crippen molar-refractivity contribution in [2.24, 2.45) is 11.8 Å². The molecule has 2 atom stereocenters. The second-order valence-corrected chi connectivity index (χ2v) is 6.36. The van der Waals surface area contributed by atoms with Gasteiger partial charge in [-0.25, -0.2) is 0 Å². The number of amides is 1. The van der Waals surface area contributed by atoms with Gasteiger partial charge in [-0.3, -0.25) is 4.79 Å². The Kier molecular flexibility index (Phi) is 4.92. The highest BCUT2D eigenvalue weighted by Crippen LogP contribution is 2.31. The number of carbonyl (C=O) groups is 1. The molecular weight excluding hydrogens is 272 g/mol. The molecular formula is C16H23ClN2O. The van der Waals surface area contributed by atoms with Crippen LogP contribution in [0.1, 0.15) is 49.9 Å². The molecule has 2 rings (SSSR count). The largest absolute Gasteiger partial charge is 0.398 e. The van der Waals surface area contributed by atoms with Crippen molar-refractivity contribution in [1.29, 1.82) is 0 Å². The van der Waals surface area contributed by atoms with Crippen molar-refractivity contribution >= 4 is 23.2 Å². The highest BCUT2D eigenvalue weighted by Gasteiger charge is 2.29. The normalized spacial score (nSPS) is 22.8. The zero-order valence-corrected chi connectivity index (χ0v) is 12.9. The lowest BCUT2D eigenvalue weighted by atomic mass is 9.78. The van der Waals surface area contributed by atoms with Crippen LogP contribution >= 0.6 is 11.6 Å². The standard InChI is InChI=1S/C16H23ClN2O/c1-10(2)11-6-3-4-9-14(11)19-16(20)12-7-5-8-13(18)15(12)17/h5,7-8,10-11,14H,3-4,6,9,18H2,1-2H3,(H,19,20). The lowest BCUT2D eigenvalue weighted by molar-refractivity contribution is 0.0889. The Morgan fingerprint density at radius 2 is 2.05 bits per heavy atom. The summed E-state index contributed by atoms with van der Waals surface area (Å²) < 4.78 is 0. The molecule has 4 heteroatoms. The molecule has 20 heavy (non-hydrogen) atoms. The summed E-state index contributed by atoms with van der Waals surface area (Å²) in [5, 5.41) is 3.50. The molecule has 2 unspecified atom stereocenters. The van der Waals surface area contributed by atoms with Crippen LogP contribution in [0.3, 0.4) is 0 Å². The number of nitrogen functional groups attached to an aromatic ring is 1. The fourth-order valence-electron chi connectivity index (χ4n) is 3.11. The van der Waals surface area contributed by atoms with Gasteiger partial charge in [0.1, 0.15) is 0 Å². The average molecular weight is 295 g/mol. The second-order valence-electron chi connectivity index (χ2n) is 5.98. The minimum absolute atomic E-state index is 0.111. The Morgan fingerprint density at radius 3 is 2.75 bits per heavy atom. The molecule has 0 bridgehead atoms. The molecule has 1 amide bonds. The molecule has 3 N–H and O–H groups in total. The second kappa shape index (κ2) is 6.49. The molecule has 0 aliphatic heterocycles. The van der Waals surface area contributed by atoms with Crippen LogP contribution in [0, 0.1) is 11.8 Å². The van der Waals surface area contributed by atoms with E-state index >= 15 is 0 Å². The molecule has 1 aliphatic carbocycles. The smallest absolute Gasteiger partial charge is 0.253 e. The summed E-state index contributed by atoms with van der Waals surface area (Å²) in [5.74, 6) is 1.02. The van der Waals surface area contributed by atoms with Gasteiger partial charge in [-0.1, -0.05) is 44.4 Å². The summed E-state index contributed by atoms with van der Waals surface area (Å²) in [7, 11) is 0. The monoisotopic (exact) mass is 294 g/mol. The lowest BCUT2D eigenvalue weighted by Gasteiger charge is -2.35. The lowest BCUT2D eigenvalue weighted by Crippen LogP contribution is -2.44. The third-order valence-electron chi connectivity index (χ3n) is 4.27. The maximum atomic E-state index is 12.4. The summed E-state index contributed by atoms with van der Waals surface area (Å²) in [6, 6.07) is 5.43. The number of halogens is 1. The Bertz CT molecular complexity index is 487. The Hall–Kier alpha value is -1.22. The summed E-state index contributed by atoms with van der Waals surface area (Å²) in [5.41, 5.74) is 6.67. The van der Waals surface area contributed by atoms with E-state index in [4.69, 9.17) is 17.3 Å². The number of hydrogen-bond donors (Lipinski definition) is 2. The topological polar surface area (TPSA) is 55.1 Å². The quantitative estimate of drug-likeness (QED) is 0.832. The molecule has 1 aliphatic rings. The average Bonchev–Trinajstić information content (AvgIpc) is 2.42. The van der Waals surface area contributed by atoms with Crippen molar-refractivity contribution in [2.75, 3.05) is 5.73 Å². The molecule has 0 saturated heterocycles. The van der Waals surface area contributed by atoms with Gasteiger partial charge < -0.3 is 11.1 Å². The number of hydrogen-bond acceptors (Lipinski definition) is 2. The first kappa shape index (κ1) is 15.2. The molecule has 3 nitrogen and oxygen atoms in total. The van der Waals surface area contributed by atoms with E-state index in [1.54, 1.807) is 18.2 Å². The third kappa shape index (κ3) is 3.26. The van der Waals surface area contributed by atoms with Gasteiger partial charge in [-0.15, -0.1) is 0 Å². The van der Waals surface area contributed by atoms with E-state index in [0.717, 1.165) is 6.42 Å². The van der Waals surface area contributed by atoms with Crippen LogP contribution < -0.4 is 11.1 Å². The third-order valence-corrected chi connectivity index (χ3v) is 4.69. The number of nitrogens with one attached hydrogen (secondary N) is 1. The maximum Gasteiger partial charge on any atom is 0.253 e. The summed E-state index contributed by atoms with van der Waals surface area (Å²) in [6.45, 7) is 4.45. The van der Waals surface area contributed by atoms with E-state index < -0.39 is 0 Å². The first-order valence-electron chi connectivity index (χ1n) is 7.35. The Morgan fingerprint density at radius 1 is 1.35 bits per heavy atom.